The van der Waals surface area contributed by atoms with E-state index in [9.17, 15) is 35.1 Å². The van der Waals surface area contributed by atoms with E-state index in [2.05, 4.69) is 5.32 Å². The smallest absolute Gasteiger partial charge is 0.371 e. The third-order valence-electron chi connectivity index (χ3n) is 3.94. The van der Waals surface area contributed by atoms with Gasteiger partial charge in [-0.05, 0) is 6.08 Å². The molecule has 0 bridgehead atoms. The van der Waals surface area contributed by atoms with Crippen LogP contribution in [0.1, 0.15) is 6.92 Å². The summed E-state index contributed by atoms with van der Waals surface area (Å²) in [6, 6.07) is -1.32. The molecular weight excluding hydrogens is 358 g/mol. The summed E-state index contributed by atoms with van der Waals surface area (Å²) in [7, 11) is 0. The fourth-order valence-electron chi connectivity index (χ4n) is 2.67. The van der Waals surface area contributed by atoms with Crippen molar-refractivity contribution in [2.24, 2.45) is 0 Å². The molecule has 0 saturated carbocycles. The zero-order valence-corrected chi connectivity index (χ0v) is 13.6. The van der Waals surface area contributed by atoms with Gasteiger partial charge in [0.25, 0.3) is 0 Å². The van der Waals surface area contributed by atoms with Crippen molar-refractivity contribution in [1.29, 1.82) is 0 Å². The van der Waals surface area contributed by atoms with Crippen LogP contribution in [-0.2, 0) is 23.8 Å². The Labute approximate surface area is 147 Å². The second-order valence-electron chi connectivity index (χ2n) is 5.87. The Morgan fingerprint density at radius 1 is 1.23 bits per heavy atom. The summed E-state index contributed by atoms with van der Waals surface area (Å²) < 4.78 is 15.4. The minimum atomic E-state index is -1.72. The summed E-state index contributed by atoms with van der Waals surface area (Å²) in [5, 5.41) is 60.5. The van der Waals surface area contributed by atoms with Gasteiger partial charge in [0, 0.05) is 6.92 Å². The number of amides is 1. The Bertz CT molecular complexity index is 567. The zero-order valence-electron chi connectivity index (χ0n) is 13.6. The average molecular weight is 379 g/mol. The normalized spacial score (nSPS) is 40.3. The largest absolute Gasteiger partial charge is 0.475 e. The highest BCUT2D eigenvalue weighted by Crippen LogP contribution is 2.27. The molecule has 0 aromatic rings. The number of carboxylic acid groups (broad SMARTS) is 1. The quantitative estimate of drug-likeness (QED) is 0.246. The molecule has 0 aromatic carbocycles. The maximum Gasteiger partial charge on any atom is 0.371 e. The van der Waals surface area contributed by atoms with Gasteiger partial charge in [-0.3, -0.25) is 4.79 Å². The first-order valence-corrected chi connectivity index (χ1v) is 7.68. The van der Waals surface area contributed by atoms with Crippen molar-refractivity contribution in [3.63, 3.8) is 0 Å². The maximum atomic E-state index is 11.2. The third-order valence-corrected chi connectivity index (χ3v) is 3.94. The second kappa shape index (κ2) is 8.26. The van der Waals surface area contributed by atoms with E-state index in [-0.39, 0.29) is 0 Å². The molecule has 0 aliphatic carbocycles. The van der Waals surface area contributed by atoms with Crippen LogP contribution in [0, 0.1) is 0 Å². The number of rotatable bonds is 5. The van der Waals surface area contributed by atoms with Crippen LogP contribution in [0.25, 0.3) is 0 Å². The Morgan fingerprint density at radius 2 is 1.88 bits per heavy atom. The lowest BCUT2D eigenvalue weighted by molar-refractivity contribution is -0.306. The number of nitrogens with one attached hydrogen (secondary N) is 1. The van der Waals surface area contributed by atoms with E-state index in [4.69, 9.17) is 19.3 Å². The number of carboxylic acids is 1. The molecule has 148 valence electrons. The highest BCUT2D eigenvalue weighted by Gasteiger charge is 2.48. The highest BCUT2D eigenvalue weighted by molar-refractivity contribution is 5.84. The van der Waals surface area contributed by atoms with Crippen molar-refractivity contribution in [3.8, 4) is 0 Å². The maximum absolute atomic E-state index is 11.2. The first-order chi connectivity index (χ1) is 12.1. The monoisotopic (exact) mass is 379 g/mol. The minimum absolute atomic E-state index is 0.585. The Balaban J connectivity index is 2.19. The molecule has 12 nitrogen and oxygen atoms in total. The topological polar surface area (TPSA) is 195 Å². The number of hydrogen-bond acceptors (Lipinski definition) is 10. The van der Waals surface area contributed by atoms with Crippen molar-refractivity contribution in [3.05, 3.63) is 11.8 Å². The lowest BCUT2D eigenvalue weighted by Crippen LogP contribution is -2.65. The van der Waals surface area contributed by atoms with Crippen molar-refractivity contribution in [2.75, 3.05) is 6.61 Å². The number of carbonyl (C=O) groups is 2. The van der Waals surface area contributed by atoms with Gasteiger partial charge < -0.3 is 50.2 Å². The van der Waals surface area contributed by atoms with E-state index in [0.29, 0.717) is 0 Å². The van der Waals surface area contributed by atoms with Gasteiger partial charge in [-0.15, -0.1) is 0 Å². The molecule has 0 radical (unpaired) electrons. The van der Waals surface area contributed by atoms with Gasteiger partial charge in [0.2, 0.25) is 18.0 Å². The number of carbonyl (C=O) groups excluding carboxylic acids is 1. The minimum Gasteiger partial charge on any atom is -0.475 e. The molecule has 7 unspecified atom stereocenters. The molecule has 12 heteroatoms. The Morgan fingerprint density at radius 3 is 2.42 bits per heavy atom. The number of aliphatic carboxylic acids is 1. The number of hydrogen-bond donors (Lipinski definition) is 7. The van der Waals surface area contributed by atoms with Crippen LogP contribution in [0.15, 0.2) is 11.8 Å². The lowest BCUT2D eigenvalue weighted by Gasteiger charge is -2.44. The van der Waals surface area contributed by atoms with Crippen molar-refractivity contribution >= 4 is 11.9 Å². The van der Waals surface area contributed by atoms with Gasteiger partial charge in [0.05, 0.1) is 6.61 Å². The second-order valence-corrected chi connectivity index (χ2v) is 5.87. The van der Waals surface area contributed by atoms with Gasteiger partial charge in [-0.2, -0.15) is 0 Å². The molecule has 2 rings (SSSR count). The fraction of sp³-hybridized carbons (Fsp3) is 0.714. The van der Waals surface area contributed by atoms with Gasteiger partial charge in [0.15, 0.2) is 6.29 Å². The van der Waals surface area contributed by atoms with Gasteiger partial charge in [-0.25, -0.2) is 4.79 Å². The predicted octanol–water partition coefficient (Wildman–Crippen LogP) is -4.01. The SMILES string of the molecule is CC(=O)NC1C(O)OC(CO)C(OC2OC(C(=O)O)=C[C@@H](O)C2O)C1O. The Hall–Kier alpha value is -1.80. The van der Waals surface area contributed by atoms with Gasteiger partial charge >= 0.3 is 5.97 Å². The van der Waals surface area contributed by atoms with E-state index in [1.54, 1.807) is 0 Å². The molecule has 2 heterocycles. The van der Waals surface area contributed by atoms with E-state index in [0.717, 1.165) is 13.0 Å². The summed E-state index contributed by atoms with van der Waals surface area (Å²) >= 11 is 0. The fourth-order valence-corrected chi connectivity index (χ4v) is 2.67. The van der Waals surface area contributed by atoms with Crippen molar-refractivity contribution in [1.82, 2.24) is 5.32 Å². The molecule has 1 saturated heterocycles. The van der Waals surface area contributed by atoms with E-state index in [1.165, 1.54) is 0 Å². The molecule has 8 atom stereocenters. The summed E-state index contributed by atoms with van der Waals surface area (Å²) in [6.45, 7) is 0.431. The summed E-state index contributed by atoms with van der Waals surface area (Å²) in [5.74, 6) is -2.79. The molecule has 0 spiro atoms. The first kappa shape index (κ1) is 20.5. The molecule has 2 aliphatic heterocycles. The molecule has 1 fully saturated rings. The van der Waals surface area contributed by atoms with E-state index >= 15 is 0 Å². The van der Waals surface area contributed by atoms with Gasteiger partial charge in [0.1, 0.15) is 36.6 Å². The highest BCUT2D eigenvalue weighted by atomic mass is 16.7. The number of ether oxygens (including phenoxy) is 3. The van der Waals surface area contributed by atoms with Crippen LogP contribution in [-0.4, -0.2) is 98.3 Å². The molecule has 26 heavy (non-hydrogen) atoms. The molecule has 1 amide bonds. The molecule has 0 aromatic heterocycles. The third kappa shape index (κ3) is 4.29. The number of aliphatic hydroxyl groups excluding tert-OH is 5. The van der Waals surface area contributed by atoms with Crippen LogP contribution in [0.2, 0.25) is 0 Å². The van der Waals surface area contributed by atoms with Crippen molar-refractivity contribution in [2.45, 2.75) is 56.1 Å². The van der Waals surface area contributed by atoms with Crippen molar-refractivity contribution < 1.29 is 54.4 Å². The predicted molar refractivity (Wildman–Crippen MR) is 79.1 cm³/mol. The molecule has 7 N–H and O–H groups in total. The van der Waals surface area contributed by atoms with Crippen LogP contribution < -0.4 is 5.32 Å². The summed E-state index contributed by atoms with van der Waals surface area (Å²) in [4.78, 5) is 22.2. The zero-order chi connectivity index (χ0) is 19.6. The average Bonchev–Trinajstić information content (AvgIpc) is 2.56. The van der Waals surface area contributed by atoms with Crippen LogP contribution in [0.5, 0.6) is 0 Å². The summed E-state index contributed by atoms with van der Waals surface area (Å²) in [6.07, 6.45) is -10.2. The molecular formula is C14H21NO11. The standard InChI is InChI=1S/C14H21NO11/c1-4(17)15-8-10(20)11(7(3-16)24-13(8)23)26-14-9(19)5(18)2-6(25-14)12(21)22/h2,5,7-11,13-14,16,18-20,23H,3H2,1H3,(H,15,17)(H,21,22)/t5-,7?,8?,9?,10?,11?,13?,14?/m1/s1. The molecule has 2 aliphatic rings. The van der Waals surface area contributed by atoms with E-state index in [1.807, 2.05) is 0 Å². The summed E-state index contributed by atoms with van der Waals surface area (Å²) in [5.41, 5.74) is 0. The van der Waals surface area contributed by atoms with Crippen LogP contribution in [0.4, 0.5) is 0 Å². The van der Waals surface area contributed by atoms with E-state index < -0.39 is 73.4 Å². The van der Waals surface area contributed by atoms with Crippen LogP contribution >= 0.6 is 0 Å². The van der Waals surface area contributed by atoms with Crippen LogP contribution in [0.3, 0.4) is 0 Å². The number of aliphatic hydroxyl groups is 5. The first-order valence-electron chi connectivity index (χ1n) is 7.68. The van der Waals surface area contributed by atoms with Gasteiger partial charge in [-0.1, -0.05) is 0 Å². The lowest BCUT2D eigenvalue weighted by atomic mass is 9.96. The Kier molecular flexibility index (Phi) is 6.52.